The molecule has 10 heteroatoms. The molecule has 5 rings (SSSR count). The summed E-state index contributed by atoms with van der Waals surface area (Å²) in [7, 11) is 1.65. The lowest BCUT2D eigenvalue weighted by Crippen LogP contribution is -2.56. The molecule has 4 aromatic rings. The number of rotatable bonds is 7. The molecule has 3 aromatic heterocycles. The van der Waals surface area contributed by atoms with Gasteiger partial charge < -0.3 is 20.1 Å². The summed E-state index contributed by atoms with van der Waals surface area (Å²) in [5, 5.41) is 17.8. The molecule has 0 unspecified atom stereocenters. The molecule has 0 amide bonds. The number of nitrogens with zero attached hydrogens (tertiary/aromatic N) is 6. The van der Waals surface area contributed by atoms with Crippen LogP contribution in [-0.4, -0.2) is 75.0 Å². The van der Waals surface area contributed by atoms with Gasteiger partial charge in [0.05, 0.1) is 48.0 Å². The minimum atomic E-state index is -0.210. The molecule has 0 atom stereocenters. The van der Waals surface area contributed by atoms with Crippen molar-refractivity contribution in [3.63, 3.8) is 0 Å². The molecule has 1 saturated heterocycles. The lowest BCUT2D eigenvalue weighted by Gasteiger charge is -2.44. The summed E-state index contributed by atoms with van der Waals surface area (Å²) in [6, 6.07) is 11.9. The van der Waals surface area contributed by atoms with Gasteiger partial charge in [0.25, 0.3) is 0 Å². The Kier molecular flexibility index (Phi) is 6.70. The maximum absolute atomic E-state index is 9.68. The number of benzene rings is 1. The number of aliphatic hydroxyl groups excluding tert-OH is 1. The van der Waals surface area contributed by atoms with E-state index in [0.29, 0.717) is 22.4 Å². The molecule has 9 nitrogen and oxygen atoms in total. The topological polar surface area (TPSA) is 91.0 Å². The van der Waals surface area contributed by atoms with E-state index >= 15 is 0 Å². The maximum atomic E-state index is 9.68. The highest BCUT2D eigenvalue weighted by atomic mass is 35.5. The van der Waals surface area contributed by atoms with Crippen LogP contribution in [-0.2, 0) is 0 Å². The summed E-state index contributed by atoms with van der Waals surface area (Å²) >= 11 is 6.47. The molecule has 1 aliphatic rings. The summed E-state index contributed by atoms with van der Waals surface area (Å²) in [5.41, 5.74) is 3.98. The molecule has 0 radical (unpaired) electrons. The highest BCUT2D eigenvalue weighted by molar-refractivity contribution is 6.33. The molecule has 0 saturated carbocycles. The van der Waals surface area contributed by atoms with Gasteiger partial charge >= 0.3 is 0 Å². The number of methoxy groups -OCH3 is 1. The van der Waals surface area contributed by atoms with Crippen LogP contribution in [0, 0.1) is 0 Å². The zero-order valence-electron chi connectivity index (χ0n) is 20.6. The number of halogens is 1. The van der Waals surface area contributed by atoms with Crippen molar-refractivity contribution in [2.24, 2.45) is 0 Å². The molecular weight excluding hydrogens is 478 g/mol. The van der Waals surface area contributed by atoms with Crippen LogP contribution in [0.15, 0.2) is 55.0 Å². The Morgan fingerprint density at radius 3 is 2.67 bits per heavy atom. The normalized spacial score (nSPS) is 14.9. The van der Waals surface area contributed by atoms with Crippen molar-refractivity contribution in [2.75, 3.05) is 50.1 Å². The summed E-state index contributed by atoms with van der Waals surface area (Å²) in [5.74, 6) is 1.11. The van der Waals surface area contributed by atoms with Gasteiger partial charge in [0.2, 0.25) is 5.95 Å². The van der Waals surface area contributed by atoms with Crippen molar-refractivity contribution >= 4 is 34.4 Å². The SMILES string of the molecule is COc1cc(N2CCN(C(C)(C)CO)CC2)ccc1Nc1ncc(Cl)c(-c2cnn3ccccc23)n1. The summed E-state index contributed by atoms with van der Waals surface area (Å²) < 4.78 is 7.48. The van der Waals surface area contributed by atoms with Crippen LogP contribution in [0.3, 0.4) is 0 Å². The maximum Gasteiger partial charge on any atom is 0.227 e. The molecule has 0 bridgehead atoms. The predicted molar refractivity (Wildman–Crippen MR) is 142 cm³/mol. The first-order valence-corrected chi connectivity index (χ1v) is 12.3. The molecular formula is C26H30ClN7O2. The monoisotopic (exact) mass is 507 g/mol. The van der Waals surface area contributed by atoms with Crippen molar-refractivity contribution in [1.82, 2.24) is 24.5 Å². The largest absolute Gasteiger partial charge is 0.494 e. The van der Waals surface area contributed by atoms with Crippen molar-refractivity contribution in [3.05, 3.63) is 60.0 Å². The molecule has 1 fully saturated rings. The van der Waals surface area contributed by atoms with Gasteiger partial charge in [-0.15, -0.1) is 0 Å². The number of fused-ring (bicyclic) bond motifs is 1. The van der Waals surface area contributed by atoms with Crippen molar-refractivity contribution in [2.45, 2.75) is 19.4 Å². The summed E-state index contributed by atoms with van der Waals surface area (Å²) in [6.45, 7) is 7.83. The number of hydrogen-bond donors (Lipinski definition) is 2. The van der Waals surface area contributed by atoms with E-state index in [1.54, 1.807) is 24.0 Å². The van der Waals surface area contributed by atoms with E-state index in [-0.39, 0.29) is 12.1 Å². The molecule has 1 aromatic carbocycles. The van der Waals surface area contributed by atoms with E-state index in [9.17, 15) is 5.11 Å². The van der Waals surface area contributed by atoms with Crippen molar-refractivity contribution in [1.29, 1.82) is 0 Å². The number of hydrogen-bond acceptors (Lipinski definition) is 8. The van der Waals surface area contributed by atoms with Crippen LogP contribution in [0.2, 0.25) is 5.02 Å². The summed E-state index contributed by atoms with van der Waals surface area (Å²) in [6.07, 6.45) is 5.23. The fourth-order valence-corrected chi connectivity index (χ4v) is 4.70. The Morgan fingerprint density at radius 2 is 1.92 bits per heavy atom. The Balaban J connectivity index is 1.36. The molecule has 0 aliphatic carbocycles. The van der Waals surface area contributed by atoms with Crippen LogP contribution in [0.4, 0.5) is 17.3 Å². The van der Waals surface area contributed by atoms with Gasteiger partial charge in [-0.25, -0.2) is 14.5 Å². The second-order valence-electron chi connectivity index (χ2n) is 9.43. The molecule has 1 aliphatic heterocycles. The van der Waals surface area contributed by atoms with Gasteiger partial charge in [0.1, 0.15) is 5.75 Å². The minimum Gasteiger partial charge on any atom is -0.494 e. The first-order valence-electron chi connectivity index (χ1n) is 11.9. The average molecular weight is 508 g/mol. The van der Waals surface area contributed by atoms with Gasteiger partial charge in [-0.2, -0.15) is 5.10 Å². The quantitative estimate of drug-likeness (QED) is 0.386. The number of pyridine rings is 1. The first kappa shape index (κ1) is 24.3. The predicted octanol–water partition coefficient (Wildman–Crippen LogP) is 4.09. The average Bonchev–Trinajstić information content (AvgIpc) is 3.34. The highest BCUT2D eigenvalue weighted by Gasteiger charge is 2.29. The third-order valence-corrected chi connectivity index (χ3v) is 7.02. The second-order valence-corrected chi connectivity index (χ2v) is 9.84. The Hall–Kier alpha value is -3.40. The first-order chi connectivity index (χ1) is 17.4. The van der Waals surface area contributed by atoms with E-state index in [2.05, 4.69) is 50.1 Å². The van der Waals surface area contributed by atoms with E-state index < -0.39 is 0 Å². The van der Waals surface area contributed by atoms with Gasteiger partial charge in [0.15, 0.2) is 0 Å². The third-order valence-electron chi connectivity index (χ3n) is 6.75. The number of anilines is 3. The van der Waals surface area contributed by atoms with Crippen LogP contribution in [0.5, 0.6) is 5.75 Å². The standard InChI is InChI=1S/C26H30ClN7O2/c1-26(2,17-35)33-12-10-32(11-13-33)18-7-8-21(23(14-18)36-3)30-25-28-16-20(27)24(31-25)19-15-29-34-9-5-4-6-22(19)34/h4-9,14-16,35H,10-13,17H2,1-3H3,(H,28,30,31). The molecule has 4 heterocycles. The Labute approximate surface area is 215 Å². The molecule has 0 spiro atoms. The number of piperazine rings is 1. The Bertz CT molecular complexity index is 1370. The highest BCUT2D eigenvalue weighted by Crippen LogP contribution is 2.34. The number of nitrogens with one attached hydrogen (secondary N) is 1. The molecule has 2 N–H and O–H groups in total. The van der Waals surface area contributed by atoms with E-state index in [0.717, 1.165) is 48.6 Å². The van der Waals surface area contributed by atoms with Gasteiger partial charge in [-0.3, -0.25) is 4.90 Å². The Morgan fingerprint density at radius 1 is 1.11 bits per heavy atom. The third kappa shape index (κ3) is 4.69. The van der Waals surface area contributed by atoms with E-state index in [1.165, 1.54) is 0 Å². The zero-order chi connectivity index (χ0) is 25.3. The second kappa shape index (κ2) is 9.93. The van der Waals surface area contributed by atoms with Crippen molar-refractivity contribution in [3.8, 4) is 17.0 Å². The fraction of sp³-hybridized carbons (Fsp3) is 0.346. The smallest absolute Gasteiger partial charge is 0.227 e. The van der Waals surface area contributed by atoms with Gasteiger partial charge in [-0.05, 0) is 38.1 Å². The molecule has 36 heavy (non-hydrogen) atoms. The molecule has 188 valence electrons. The summed E-state index contributed by atoms with van der Waals surface area (Å²) in [4.78, 5) is 13.7. The lowest BCUT2D eigenvalue weighted by molar-refractivity contribution is 0.0527. The van der Waals surface area contributed by atoms with Crippen LogP contribution >= 0.6 is 11.6 Å². The lowest BCUT2D eigenvalue weighted by atomic mass is 10.0. The van der Waals surface area contributed by atoms with E-state index in [4.69, 9.17) is 16.3 Å². The van der Waals surface area contributed by atoms with Crippen molar-refractivity contribution < 1.29 is 9.84 Å². The van der Waals surface area contributed by atoms with Crippen LogP contribution in [0.25, 0.3) is 16.8 Å². The minimum absolute atomic E-state index is 0.146. The van der Waals surface area contributed by atoms with Crippen LogP contribution < -0.4 is 15.0 Å². The zero-order valence-corrected chi connectivity index (χ0v) is 21.4. The van der Waals surface area contributed by atoms with E-state index in [1.807, 2.05) is 36.5 Å². The number of aromatic nitrogens is 4. The van der Waals surface area contributed by atoms with Crippen LogP contribution in [0.1, 0.15) is 13.8 Å². The van der Waals surface area contributed by atoms with Gasteiger partial charge in [-0.1, -0.05) is 17.7 Å². The number of ether oxygens (including phenoxy) is 1. The van der Waals surface area contributed by atoms with Gasteiger partial charge in [0, 0.05) is 55.2 Å². The fourth-order valence-electron chi connectivity index (χ4n) is 4.50. The number of aliphatic hydroxyl groups is 1.